The zero-order valence-electron chi connectivity index (χ0n) is 16.8. The van der Waals surface area contributed by atoms with E-state index in [0.717, 1.165) is 0 Å². The van der Waals surface area contributed by atoms with Crippen LogP contribution in [0.1, 0.15) is 31.1 Å². The maximum atomic E-state index is 12.8. The molecule has 0 spiro atoms. The predicted octanol–water partition coefficient (Wildman–Crippen LogP) is 1.30. The third kappa shape index (κ3) is 4.33. The summed E-state index contributed by atoms with van der Waals surface area (Å²) in [5.41, 5.74) is 0.856. The van der Waals surface area contributed by atoms with Crippen molar-refractivity contribution >= 4 is 29.4 Å². The number of hydrogen-bond acceptors (Lipinski definition) is 6. The third-order valence-corrected chi connectivity index (χ3v) is 5.03. The molecule has 29 heavy (non-hydrogen) atoms. The first kappa shape index (κ1) is 20.6. The normalized spacial score (nSPS) is 18.8. The van der Waals surface area contributed by atoms with Gasteiger partial charge in [-0.2, -0.15) is 0 Å². The largest absolute Gasteiger partial charge is 0.479 e. The van der Waals surface area contributed by atoms with Crippen molar-refractivity contribution in [1.29, 1.82) is 0 Å². The summed E-state index contributed by atoms with van der Waals surface area (Å²) in [4.78, 5) is 53.6. The van der Waals surface area contributed by atoms with E-state index in [-0.39, 0.29) is 30.2 Å². The summed E-state index contributed by atoms with van der Waals surface area (Å²) in [7, 11) is 0. The van der Waals surface area contributed by atoms with Gasteiger partial charge in [0.2, 0.25) is 5.91 Å². The first-order valence-corrected chi connectivity index (χ1v) is 9.64. The van der Waals surface area contributed by atoms with E-state index in [4.69, 9.17) is 9.47 Å². The molecule has 0 saturated carbocycles. The lowest BCUT2D eigenvalue weighted by molar-refractivity contribution is -0.134. The summed E-state index contributed by atoms with van der Waals surface area (Å²) in [6, 6.07) is 4.86. The fourth-order valence-corrected chi connectivity index (χ4v) is 3.38. The third-order valence-electron chi connectivity index (χ3n) is 5.03. The molecule has 9 heteroatoms. The molecular weight excluding hydrogens is 378 g/mol. The van der Waals surface area contributed by atoms with Gasteiger partial charge in [0.15, 0.2) is 11.9 Å². The number of amides is 3. The molecule has 2 aliphatic heterocycles. The van der Waals surface area contributed by atoms with Crippen LogP contribution in [-0.4, -0.2) is 78.9 Å². The molecule has 1 fully saturated rings. The van der Waals surface area contributed by atoms with Gasteiger partial charge in [-0.15, -0.1) is 0 Å². The van der Waals surface area contributed by atoms with Gasteiger partial charge in [0.05, 0.1) is 12.3 Å². The van der Waals surface area contributed by atoms with Crippen molar-refractivity contribution < 1.29 is 28.7 Å². The Bertz CT molecular complexity index is 832. The van der Waals surface area contributed by atoms with E-state index in [0.29, 0.717) is 49.8 Å². The summed E-state index contributed by atoms with van der Waals surface area (Å²) >= 11 is 0. The van der Waals surface area contributed by atoms with Crippen molar-refractivity contribution in [3.05, 3.63) is 23.8 Å². The molecule has 1 unspecified atom stereocenters. The molecule has 0 N–H and O–H groups in total. The molecule has 9 nitrogen and oxygen atoms in total. The van der Waals surface area contributed by atoms with Crippen molar-refractivity contribution in [3.8, 4) is 5.75 Å². The highest BCUT2D eigenvalue weighted by Gasteiger charge is 2.35. The van der Waals surface area contributed by atoms with E-state index in [9.17, 15) is 19.2 Å². The number of benzene rings is 1. The monoisotopic (exact) mass is 403 g/mol. The lowest BCUT2D eigenvalue weighted by Gasteiger charge is -2.37. The molecule has 0 aromatic heterocycles. The van der Waals surface area contributed by atoms with E-state index >= 15 is 0 Å². The fraction of sp³-hybridized carbons (Fsp3) is 0.500. The van der Waals surface area contributed by atoms with Crippen LogP contribution in [0.3, 0.4) is 0 Å². The molecule has 1 aromatic carbocycles. The Hall–Kier alpha value is -3.10. The summed E-state index contributed by atoms with van der Waals surface area (Å²) < 4.78 is 10.6. The highest BCUT2D eigenvalue weighted by atomic mass is 16.6. The van der Waals surface area contributed by atoms with Crippen LogP contribution in [0.2, 0.25) is 0 Å². The minimum atomic E-state index is -0.723. The molecule has 1 saturated heterocycles. The Morgan fingerprint density at radius 3 is 2.41 bits per heavy atom. The second-order valence-corrected chi connectivity index (χ2v) is 6.99. The number of rotatable bonds is 4. The molecule has 1 aromatic rings. The highest BCUT2D eigenvalue weighted by molar-refractivity contribution is 6.05. The number of anilines is 1. The van der Waals surface area contributed by atoms with Crippen molar-refractivity contribution in [3.63, 3.8) is 0 Å². The van der Waals surface area contributed by atoms with Crippen molar-refractivity contribution in [2.45, 2.75) is 26.9 Å². The van der Waals surface area contributed by atoms with Crippen molar-refractivity contribution in [2.24, 2.45) is 0 Å². The number of carbonyl (C=O) groups is 4. The van der Waals surface area contributed by atoms with Gasteiger partial charge in [0.25, 0.3) is 5.91 Å². The van der Waals surface area contributed by atoms with E-state index in [1.807, 2.05) is 0 Å². The molecule has 1 atom stereocenters. The maximum Gasteiger partial charge on any atom is 0.409 e. The molecule has 156 valence electrons. The standard InChI is InChI=1S/C20H25N3O6/c1-4-28-20(27)22-9-7-21(8-10-22)18(25)12-23-16-11-15(13(2)24)5-6-17(16)29-14(3)19(23)26/h5-6,11,14H,4,7-10,12H2,1-3H3. The number of nitrogens with zero attached hydrogens (tertiary/aromatic N) is 3. The molecule has 0 radical (unpaired) electrons. The van der Waals surface area contributed by atoms with Crippen LogP contribution in [0.4, 0.5) is 10.5 Å². The van der Waals surface area contributed by atoms with Gasteiger partial charge < -0.3 is 19.3 Å². The number of piperazine rings is 1. The Labute approximate surface area is 169 Å². The summed E-state index contributed by atoms with van der Waals surface area (Å²) in [5, 5.41) is 0. The van der Waals surface area contributed by atoms with Gasteiger partial charge in [-0.25, -0.2) is 4.79 Å². The average molecular weight is 403 g/mol. The van der Waals surface area contributed by atoms with Gasteiger partial charge in [0, 0.05) is 31.7 Å². The second-order valence-electron chi connectivity index (χ2n) is 6.99. The second kappa shape index (κ2) is 8.50. The van der Waals surface area contributed by atoms with Crippen LogP contribution < -0.4 is 9.64 Å². The van der Waals surface area contributed by atoms with Gasteiger partial charge in [-0.05, 0) is 39.0 Å². The smallest absolute Gasteiger partial charge is 0.409 e. The average Bonchev–Trinajstić information content (AvgIpc) is 2.71. The SMILES string of the molecule is CCOC(=O)N1CCN(C(=O)CN2C(=O)C(C)Oc3ccc(C(C)=O)cc32)CC1. The Balaban J connectivity index is 1.72. The van der Waals surface area contributed by atoms with Crippen molar-refractivity contribution in [1.82, 2.24) is 9.80 Å². The van der Waals surface area contributed by atoms with Crippen LogP contribution in [0, 0.1) is 0 Å². The summed E-state index contributed by atoms with van der Waals surface area (Å²) in [5.74, 6) is -0.242. The molecule has 3 amide bonds. The molecule has 3 rings (SSSR count). The van der Waals surface area contributed by atoms with E-state index in [2.05, 4.69) is 0 Å². The molecule has 2 aliphatic rings. The molecule has 0 aliphatic carbocycles. The number of ketones is 1. The number of ether oxygens (including phenoxy) is 2. The Kier molecular flexibility index (Phi) is 6.05. The molecular formula is C20H25N3O6. The van der Waals surface area contributed by atoms with Crippen LogP contribution in [0.5, 0.6) is 5.75 Å². The quantitative estimate of drug-likeness (QED) is 0.703. The first-order valence-electron chi connectivity index (χ1n) is 9.64. The van der Waals surface area contributed by atoms with Crippen molar-refractivity contribution in [2.75, 3.05) is 44.2 Å². The molecule has 0 bridgehead atoms. The number of carbonyl (C=O) groups excluding carboxylic acids is 4. The lowest BCUT2D eigenvalue weighted by atomic mass is 10.1. The first-order chi connectivity index (χ1) is 13.8. The predicted molar refractivity (Wildman–Crippen MR) is 104 cm³/mol. The van der Waals surface area contributed by atoms with Crippen LogP contribution >= 0.6 is 0 Å². The zero-order chi connectivity index (χ0) is 21.1. The lowest BCUT2D eigenvalue weighted by Crippen LogP contribution is -2.54. The highest BCUT2D eigenvalue weighted by Crippen LogP contribution is 2.35. The molecule has 2 heterocycles. The Morgan fingerprint density at radius 2 is 1.79 bits per heavy atom. The van der Waals surface area contributed by atoms with Gasteiger partial charge >= 0.3 is 6.09 Å². The van der Waals surface area contributed by atoms with Gasteiger partial charge in [0.1, 0.15) is 12.3 Å². The van der Waals surface area contributed by atoms with Crippen LogP contribution in [-0.2, 0) is 14.3 Å². The summed E-state index contributed by atoms with van der Waals surface area (Å²) in [6.45, 7) is 6.45. The van der Waals surface area contributed by atoms with E-state index < -0.39 is 6.10 Å². The minimum Gasteiger partial charge on any atom is -0.479 e. The van der Waals surface area contributed by atoms with Crippen LogP contribution in [0.15, 0.2) is 18.2 Å². The van der Waals surface area contributed by atoms with Gasteiger partial charge in [-0.3, -0.25) is 19.3 Å². The fourth-order valence-electron chi connectivity index (χ4n) is 3.38. The number of Topliss-reactive ketones (excluding diaryl/α,β-unsaturated/α-hetero) is 1. The van der Waals surface area contributed by atoms with E-state index in [1.165, 1.54) is 11.8 Å². The maximum absolute atomic E-state index is 12.8. The van der Waals surface area contributed by atoms with E-state index in [1.54, 1.807) is 41.8 Å². The Morgan fingerprint density at radius 1 is 1.14 bits per heavy atom. The van der Waals surface area contributed by atoms with Gasteiger partial charge in [-0.1, -0.05) is 0 Å². The van der Waals surface area contributed by atoms with Crippen LogP contribution in [0.25, 0.3) is 0 Å². The topological polar surface area (TPSA) is 96.5 Å². The minimum absolute atomic E-state index is 0.139. The number of hydrogen-bond donors (Lipinski definition) is 0. The zero-order valence-corrected chi connectivity index (χ0v) is 16.8. The summed E-state index contributed by atoms with van der Waals surface area (Å²) in [6.07, 6.45) is -1.11. The number of fused-ring (bicyclic) bond motifs is 1.